The molecule has 0 aromatic heterocycles. The lowest BCUT2D eigenvalue weighted by Crippen LogP contribution is -2.46. The summed E-state index contributed by atoms with van der Waals surface area (Å²) in [5.74, 6) is 5.15. The summed E-state index contributed by atoms with van der Waals surface area (Å²) in [4.78, 5) is 12.6. The van der Waals surface area contributed by atoms with Crippen molar-refractivity contribution in [3.63, 3.8) is 0 Å². The second-order valence-electron chi connectivity index (χ2n) is 8.03. The second-order valence-corrected chi connectivity index (χ2v) is 8.03. The Balaban J connectivity index is 1.42. The van der Waals surface area contributed by atoms with Gasteiger partial charge < -0.3 is 10.1 Å². The van der Waals surface area contributed by atoms with E-state index in [1.54, 1.807) is 7.11 Å². The number of anilines is 1. The van der Waals surface area contributed by atoms with Gasteiger partial charge in [-0.25, -0.2) is 0 Å². The van der Waals surface area contributed by atoms with Crippen molar-refractivity contribution in [3.8, 4) is 5.75 Å². The number of hydrogen-bond donors (Lipinski definition) is 1. The number of carbonyl (C=O) groups excluding carboxylic acids is 1. The Morgan fingerprint density at radius 2 is 1.78 bits per heavy atom. The van der Waals surface area contributed by atoms with E-state index < -0.39 is 0 Å². The van der Waals surface area contributed by atoms with Gasteiger partial charge in [-0.1, -0.05) is 6.07 Å². The number of benzene rings is 1. The van der Waals surface area contributed by atoms with Gasteiger partial charge in [-0.3, -0.25) is 4.79 Å². The molecule has 0 atom stereocenters. The van der Waals surface area contributed by atoms with Crippen LogP contribution in [0.5, 0.6) is 5.75 Å². The molecular formula is C20H27NO2. The third kappa shape index (κ3) is 2.86. The van der Waals surface area contributed by atoms with Crippen molar-refractivity contribution < 1.29 is 9.53 Å². The predicted molar refractivity (Wildman–Crippen MR) is 91.5 cm³/mol. The second kappa shape index (κ2) is 5.85. The zero-order valence-corrected chi connectivity index (χ0v) is 14.2. The van der Waals surface area contributed by atoms with Crippen LogP contribution in [-0.2, 0) is 4.79 Å². The molecule has 4 aliphatic carbocycles. The van der Waals surface area contributed by atoms with Gasteiger partial charge in [0.2, 0.25) is 5.91 Å². The molecular weight excluding hydrogens is 286 g/mol. The number of amides is 1. The highest BCUT2D eigenvalue weighted by atomic mass is 16.5. The van der Waals surface area contributed by atoms with Crippen LogP contribution in [0.3, 0.4) is 0 Å². The zero-order valence-electron chi connectivity index (χ0n) is 14.2. The zero-order chi connectivity index (χ0) is 16.0. The number of aryl methyl sites for hydroxylation is 1. The highest BCUT2D eigenvalue weighted by molar-refractivity contribution is 5.91. The molecule has 0 spiro atoms. The van der Waals surface area contributed by atoms with Gasteiger partial charge in [0.05, 0.1) is 7.11 Å². The van der Waals surface area contributed by atoms with Crippen molar-refractivity contribution in [2.75, 3.05) is 12.4 Å². The number of ether oxygens (including phenoxy) is 1. The molecule has 1 N–H and O–H groups in total. The smallest absolute Gasteiger partial charge is 0.224 e. The largest absolute Gasteiger partial charge is 0.497 e. The van der Waals surface area contributed by atoms with Gasteiger partial charge in [0, 0.05) is 18.2 Å². The van der Waals surface area contributed by atoms with Gasteiger partial charge in [-0.15, -0.1) is 0 Å². The monoisotopic (exact) mass is 313 g/mol. The molecule has 0 unspecified atom stereocenters. The third-order valence-corrected chi connectivity index (χ3v) is 6.56. The first kappa shape index (κ1) is 15.0. The lowest BCUT2D eigenvalue weighted by molar-refractivity contribution is -0.121. The summed E-state index contributed by atoms with van der Waals surface area (Å²) in [6.45, 7) is 2.03. The summed E-state index contributed by atoms with van der Waals surface area (Å²) in [5, 5.41) is 3.13. The van der Waals surface area contributed by atoms with Crippen molar-refractivity contribution >= 4 is 11.6 Å². The van der Waals surface area contributed by atoms with E-state index in [-0.39, 0.29) is 5.91 Å². The van der Waals surface area contributed by atoms with Crippen molar-refractivity contribution in [3.05, 3.63) is 23.8 Å². The van der Waals surface area contributed by atoms with E-state index in [0.717, 1.165) is 40.7 Å². The van der Waals surface area contributed by atoms with Crippen molar-refractivity contribution in [2.24, 2.45) is 29.6 Å². The summed E-state index contributed by atoms with van der Waals surface area (Å²) in [6, 6.07) is 5.85. The van der Waals surface area contributed by atoms with E-state index in [1.165, 1.54) is 32.1 Å². The highest BCUT2D eigenvalue weighted by Gasteiger charge is 2.48. The maximum Gasteiger partial charge on any atom is 0.224 e. The maximum atomic E-state index is 12.6. The van der Waals surface area contributed by atoms with Gasteiger partial charge in [0.25, 0.3) is 0 Å². The summed E-state index contributed by atoms with van der Waals surface area (Å²) >= 11 is 0. The van der Waals surface area contributed by atoms with Crippen LogP contribution >= 0.6 is 0 Å². The molecule has 0 heterocycles. The third-order valence-electron chi connectivity index (χ3n) is 6.56. The van der Waals surface area contributed by atoms with Crippen LogP contribution in [0, 0.1) is 36.5 Å². The first-order valence-corrected chi connectivity index (χ1v) is 9.07. The molecule has 0 radical (unpaired) electrons. The van der Waals surface area contributed by atoms with Crippen LogP contribution in [0.25, 0.3) is 0 Å². The highest BCUT2D eigenvalue weighted by Crippen LogP contribution is 2.57. The van der Waals surface area contributed by atoms with Crippen LogP contribution in [-0.4, -0.2) is 13.0 Å². The number of nitrogens with one attached hydrogen (secondary N) is 1. The van der Waals surface area contributed by atoms with E-state index in [9.17, 15) is 4.79 Å². The Kier molecular flexibility index (Phi) is 3.82. The Hall–Kier alpha value is -1.51. The topological polar surface area (TPSA) is 38.3 Å². The first-order chi connectivity index (χ1) is 11.1. The fraction of sp³-hybridized carbons (Fsp3) is 0.650. The van der Waals surface area contributed by atoms with Crippen molar-refractivity contribution in [1.29, 1.82) is 0 Å². The van der Waals surface area contributed by atoms with E-state index in [4.69, 9.17) is 4.74 Å². The van der Waals surface area contributed by atoms with Gasteiger partial charge in [-0.05, 0) is 80.2 Å². The fourth-order valence-electron chi connectivity index (χ4n) is 5.65. The summed E-state index contributed by atoms with van der Waals surface area (Å²) < 4.78 is 5.27. The molecule has 3 heteroatoms. The summed E-state index contributed by atoms with van der Waals surface area (Å²) in [6.07, 6.45) is 7.68. The normalized spacial score (nSPS) is 34.4. The van der Waals surface area contributed by atoms with Crippen LogP contribution in [0.15, 0.2) is 18.2 Å². The molecule has 124 valence electrons. The lowest BCUT2D eigenvalue weighted by atomic mass is 9.51. The quantitative estimate of drug-likeness (QED) is 0.894. The Labute approximate surface area is 138 Å². The SMILES string of the molecule is COc1ccc(C)c(NC(=O)CC2C3CC4CC(C3)CC2C4)c1. The molecule has 4 saturated carbocycles. The molecule has 23 heavy (non-hydrogen) atoms. The maximum absolute atomic E-state index is 12.6. The number of carbonyl (C=O) groups is 1. The van der Waals surface area contributed by atoms with Crippen molar-refractivity contribution in [2.45, 2.75) is 45.4 Å². The predicted octanol–water partition coefficient (Wildman–Crippen LogP) is 4.40. The average molecular weight is 313 g/mol. The molecule has 5 rings (SSSR count). The number of methoxy groups -OCH3 is 1. The summed E-state index contributed by atoms with van der Waals surface area (Å²) in [7, 11) is 1.66. The van der Waals surface area contributed by atoms with Gasteiger partial charge in [0.1, 0.15) is 5.75 Å². The Morgan fingerprint density at radius 3 is 2.39 bits per heavy atom. The fourth-order valence-corrected chi connectivity index (χ4v) is 5.65. The van der Waals surface area contributed by atoms with E-state index in [2.05, 4.69) is 5.32 Å². The molecule has 3 nitrogen and oxygen atoms in total. The molecule has 0 saturated heterocycles. The number of rotatable bonds is 4. The average Bonchev–Trinajstić information content (AvgIpc) is 2.52. The van der Waals surface area contributed by atoms with Crippen LogP contribution < -0.4 is 10.1 Å². The lowest BCUT2D eigenvalue weighted by Gasteiger charge is -2.54. The molecule has 1 aromatic rings. The summed E-state index contributed by atoms with van der Waals surface area (Å²) in [5.41, 5.74) is 1.97. The van der Waals surface area contributed by atoms with E-state index >= 15 is 0 Å². The molecule has 4 fully saturated rings. The Bertz CT molecular complexity index is 582. The molecule has 4 aliphatic rings. The van der Waals surface area contributed by atoms with Gasteiger partial charge >= 0.3 is 0 Å². The Morgan fingerprint density at radius 1 is 1.13 bits per heavy atom. The van der Waals surface area contributed by atoms with Gasteiger partial charge in [-0.2, -0.15) is 0 Å². The molecule has 0 aliphatic heterocycles. The van der Waals surface area contributed by atoms with Crippen LogP contribution in [0.4, 0.5) is 5.69 Å². The number of hydrogen-bond acceptors (Lipinski definition) is 2. The molecule has 1 aromatic carbocycles. The van der Waals surface area contributed by atoms with Crippen molar-refractivity contribution in [1.82, 2.24) is 0 Å². The molecule has 4 bridgehead atoms. The van der Waals surface area contributed by atoms with Crippen LogP contribution in [0.1, 0.15) is 44.1 Å². The standard InChI is InChI=1S/C20H27NO2/c1-12-3-4-17(23-2)10-19(12)21-20(22)11-18-15-6-13-5-14(8-15)9-16(18)7-13/h3-4,10,13-16,18H,5-9,11H2,1-2H3,(H,21,22). The minimum Gasteiger partial charge on any atom is -0.497 e. The minimum absolute atomic E-state index is 0.179. The first-order valence-electron chi connectivity index (χ1n) is 9.07. The molecule has 1 amide bonds. The van der Waals surface area contributed by atoms with E-state index in [1.807, 2.05) is 25.1 Å². The van der Waals surface area contributed by atoms with Gasteiger partial charge in [0.15, 0.2) is 0 Å². The minimum atomic E-state index is 0.179. The van der Waals surface area contributed by atoms with Crippen LogP contribution in [0.2, 0.25) is 0 Å². The van der Waals surface area contributed by atoms with E-state index in [0.29, 0.717) is 12.3 Å².